The number of halogens is 4. The maximum absolute atomic E-state index is 13.9. The Hall–Kier alpha value is -2.77. The minimum Gasteiger partial charge on any atom is -0.487 e. The van der Waals surface area contributed by atoms with Crippen LogP contribution >= 0.6 is 0 Å². The average Bonchev–Trinajstić information content (AvgIpc) is 2.54. The topological polar surface area (TPSA) is 41.6 Å². The van der Waals surface area contributed by atoms with Crippen molar-refractivity contribution in [2.45, 2.75) is 19.2 Å². The zero-order valence-corrected chi connectivity index (χ0v) is 14.0. The fraction of sp³-hybridized carbons (Fsp3) is 0.278. The second-order valence-corrected chi connectivity index (χ2v) is 6.11. The predicted molar refractivity (Wildman–Crippen MR) is 89.2 cm³/mol. The molecule has 8 heteroatoms. The molecule has 0 saturated carbocycles. The summed E-state index contributed by atoms with van der Waals surface area (Å²) in [5.74, 6) is -1.79. The van der Waals surface area contributed by atoms with E-state index in [-0.39, 0.29) is 11.8 Å². The third-order valence-electron chi connectivity index (χ3n) is 4.03. The van der Waals surface area contributed by atoms with Gasteiger partial charge in [0.05, 0.1) is 23.4 Å². The van der Waals surface area contributed by atoms with Crippen LogP contribution in [0.25, 0.3) is 0 Å². The van der Waals surface area contributed by atoms with Gasteiger partial charge in [0, 0.05) is 12.7 Å². The molecular weight excluding hydrogens is 352 g/mol. The summed E-state index contributed by atoms with van der Waals surface area (Å²) in [6.07, 6.45) is -4.85. The molecule has 0 aliphatic carbocycles. The molecule has 2 aromatic rings. The Labute approximate surface area is 147 Å². The first-order chi connectivity index (χ1) is 12.2. The van der Waals surface area contributed by atoms with Crippen molar-refractivity contribution in [1.82, 2.24) is 0 Å². The largest absolute Gasteiger partial charge is 0.487 e. The quantitative estimate of drug-likeness (QED) is 0.803. The summed E-state index contributed by atoms with van der Waals surface area (Å²) in [5.41, 5.74) is -1.42. The summed E-state index contributed by atoms with van der Waals surface area (Å²) < 4.78 is 58.8. The molecule has 1 aliphatic heterocycles. The summed E-state index contributed by atoms with van der Waals surface area (Å²) in [4.78, 5) is 14.2. The lowest BCUT2D eigenvalue weighted by Crippen LogP contribution is -2.35. The number of likely N-dealkylation sites (N-methyl/N-ethyl adjacent to an activating group) is 1. The van der Waals surface area contributed by atoms with Crippen LogP contribution in [0.15, 0.2) is 36.4 Å². The number of amides is 1. The molecule has 138 valence electrons. The smallest absolute Gasteiger partial charge is 0.417 e. The molecule has 0 fully saturated rings. The molecule has 26 heavy (non-hydrogen) atoms. The van der Waals surface area contributed by atoms with Gasteiger partial charge in [-0.2, -0.15) is 13.2 Å². The predicted octanol–water partition coefficient (Wildman–Crippen LogP) is 4.31. The van der Waals surface area contributed by atoms with E-state index in [1.165, 1.54) is 6.07 Å². The van der Waals surface area contributed by atoms with E-state index in [0.29, 0.717) is 24.0 Å². The maximum Gasteiger partial charge on any atom is 0.417 e. The third kappa shape index (κ3) is 3.44. The first-order valence-electron chi connectivity index (χ1n) is 7.85. The van der Waals surface area contributed by atoms with E-state index in [1.54, 1.807) is 12.1 Å². The number of rotatable bonds is 2. The van der Waals surface area contributed by atoms with E-state index in [9.17, 15) is 22.4 Å². The van der Waals surface area contributed by atoms with Gasteiger partial charge in [-0.25, -0.2) is 4.39 Å². The number of alkyl halides is 3. The SMILES string of the molecule is C[C@H]1CN(C)c2cc(NC(=O)c3c(F)cccc3C(F)(F)F)ccc2O1. The molecule has 0 spiro atoms. The molecule has 0 aromatic heterocycles. The summed E-state index contributed by atoms with van der Waals surface area (Å²) in [5, 5.41) is 2.33. The molecule has 1 N–H and O–H groups in total. The number of nitrogens with one attached hydrogen (secondary N) is 1. The zero-order chi connectivity index (χ0) is 19.1. The van der Waals surface area contributed by atoms with Crippen LogP contribution in [0, 0.1) is 5.82 Å². The van der Waals surface area contributed by atoms with Crippen LogP contribution in [0.2, 0.25) is 0 Å². The van der Waals surface area contributed by atoms with Crippen LogP contribution in [-0.2, 0) is 6.18 Å². The van der Waals surface area contributed by atoms with E-state index in [4.69, 9.17) is 4.74 Å². The first kappa shape index (κ1) is 18.0. The first-order valence-corrected chi connectivity index (χ1v) is 7.85. The van der Waals surface area contributed by atoms with E-state index in [1.807, 2.05) is 18.9 Å². The fourth-order valence-electron chi connectivity index (χ4n) is 2.92. The lowest BCUT2D eigenvalue weighted by atomic mass is 10.1. The highest BCUT2D eigenvalue weighted by Crippen LogP contribution is 2.36. The minimum absolute atomic E-state index is 0.0132. The molecule has 1 heterocycles. The van der Waals surface area contributed by atoms with E-state index < -0.39 is 29.0 Å². The van der Waals surface area contributed by atoms with Crippen molar-refractivity contribution in [3.8, 4) is 5.75 Å². The van der Waals surface area contributed by atoms with Crippen molar-refractivity contribution in [2.24, 2.45) is 0 Å². The highest BCUT2D eigenvalue weighted by Gasteiger charge is 2.36. The number of carbonyl (C=O) groups excluding carboxylic acids is 1. The number of hydrogen-bond acceptors (Lipinski definition) is 3. The van der Waals surface area contributed by atoms with Crippen molar-refractivity contribution in [2.75, 3.05) is 23.8 Å². The van der Waals surface area contributed by atoms with Gasteiger partial charge in [-0.05, 0) is 37.3 Å². The number of carbonyl (C=O) groups is 1. The molecule has 0 saturated heterocycles. The number of anilines is 2. The second kappa shape index (κ2) is 6.51. The number of hydrogen-bond donors (Lipinski definition) is 1. The molecule has 0 radical (unpaired) electrons. The molecule has 1 aliphatic rings. The highest BCUT2D eigenvalue weighted by atomic mass is 19.4. The van der Waals surface area contributed by atoms with Crippen LogP contribution in [0.3, 0.4) is 0 Å². The number of nitrogens with zero attached hydrogens (tertiary/aromatic N) is 1. The lowest BCUT2D eigenvalue weighted by molar-refractivity contribution is -0.138. The van der Waals surface area contributed by atoms with Crippen LogP contribution in [-0.4, -0.2) is 25.6 Å². The second-order valence-electron chi connectivity index (χ2n) is 6.11. The Morgan fingerprint density at radius 1 is 1.27 bits per heavy atom. The van der Waals surface area contributed by atoms with Gasteiger partial charge in [0.2, 0.25) is 0 Å². The van der Waals surface area contributed by atoms with Gasteiger partial charge < -0.3 is 15.0 Å². The molecule has 2 aromatic carbocycles. The van der Waals surface area contributed by atoms with Gasteiger partial charge in [-0.1, -0.05) is 6.07 Å². The Morgan fingerprint density at radius 2 is 2.00 bits per heavy atom. The molecule has 3 rings (SSSR count). The zero-order valence-electron chi connectivity index (χ0n) is 14.0. The van der Waals surface area contributed by atoms with Gasteiger partial charge >= 0.3 is 6.18 Å². The number of benzene rings is 2. The van der Waals surface area contributed by atoms with E-state index >= 15 is 0 Å². The van der Waals surface area contributed by atoms with Gasteiger partial charge in [0.1, 0.15) is 17.7 Å². The van der Waals surface area contributed by atoms with Crippen molar-refractivity contribution >= 4 is 17.3 Å². The van der Waals surface area contributed by atoms with E-state index in [2.05, 4.69) is 5.32 Å². The standard InChI is InChI=1S/C18H16F4N2O2/c1-10-9-24(2)14-8-11(6-7-15(14)26-10)23-17(25)16-12(18(20,21)22)4-3-5-13(16)19/h3-8,10H,9H2,1-2H3,(H,23,25)/t10-/m0/s1. The summed E-state index contributed by atoms with van der Waals surface area (Å²) in [6, 6.07) is 7.10. The minimum atomic E-state index is -4.84. The highest BCUT2D eigenvalue weighted by molar-refractivity contribution is 6.06. The van der Waals surface area contributed by atoms with Crippen LogP contribution in [0.4, 0.5) is 28.9 Å². The Balaban J connectivity index is 1.92. The maximum atomic E-state index is 13.9. The number of fused-ring (bicyclic) bond motifs is 1. The van der Waals surface area contributed by atoms with Crippen molar-refractivity contribution < 1.29 is 27.1 Å². The van der Waals surface area contributed by atoms with Crippen molar-refractivity contribution in [3.05, 3.63) is 53.3 Å². The summed E-state index contributed by atoms with van der Waals surface area (Å²) >= 11 is 0. The fourth-order valence-corrected chi connectivity index (χ4v) is 2.92. The van der Waals surface area contributed by atoms with Crippen LogP contribution in [0.1, 0.15) is 22.8 Å². The molecular formula is C18H16F4N2O2. The third-order valence-corrected chi connectivity index (χ3v) is 4.03. The van der Waals surface area contributed by atoms with Gasteiger partial charge in [0.25, 0.3) is 5.91 Å². The molecule has 0 bridgehead atoms. The molecule has 0 unspecified atom stereocenters. The summed E-state index contributed by atoms with van der Waals surface area (Å²) in [6.45, 7) is 2.53. The van der Waals surface area contributed by atoms with Gasteiger partial charge in [0.15, 0.2) is 0 Å². The van der Waals surface area contributed by atoms with Gasteiger partial charge in [-0.15, -0.1) is 0 Å². The van der Waals surface area contributed by atoms with Gasteiger partial charge in [-0.3, -0.25) is 4.79 Å². The lowest BCUT2D eigenvalue weighted by Gasteiger charge is -2.32. The normalized spacial score (nSPS) is 16.7. The summed E-state index contributed by atoms with van der Waals surface area (Å²) in [7, 11) is 1.84. The Kier molecular flexibility index (Phi) is 4.52. The molecule has 4 nitrogen and oxygen atoms in total. The van der Waals surface area contributed by atoms with Crippen LogP contribution in [0.5, 0.6) is 5.75 Å². The monoisotopic (exact) mass is 368 g/mol. The van der Waals surface area contributed by atoms with Crippen molar-refractivity contribution in [3.63, 3.8) is 0 Å². The van der Waals surface area contributed by atoms with E-state index in [0.717, 1.165) is 12.1 Å². The van der Waals surface area contributed by atoms with Crippen molar-refractivity contribution in [1.29, 1.82) is 0 Å². The Bertz CT molecular complexity index is 852. The Morgan fingerprint density at radius 3 is 2.69 bits per heavy atom. The number of ether oxygens (including phenoxy) is 1. The van der Waals surface area contributed by atoms with Crippen LogP contribution < -0.4 is 15.0 Å². The molecule has 1 atom stereocenters. The molecule has 1 amide bonds. The average molecular weight is 368 g/mol.